The largest absolute Gasteiger partial charge is 0.464 e. The van der Waals surface area contributed by atoms with Gasteiger partial charge in [0.15, 0.2) is 11.8 Å². The Morgan fingerprint density at radius 3 is 2.46 bits per heavy atom. The number of carbonyl (C=O) groups excluding carboxylic acids is 2. The number of tetrazole rings is 1. The van der Waals surface area contributed by atoms with E-state index in [9.17, 15) is 9.59 Å². The third-order valence-electron chi connectivity index (χ3n) is 5.01. The van der Waals surface area contributed by atoms with Gasteiger partial charge in [-0.25, -0.2) is 0 Å². The summed E-state index contributed by atoms with van der Waals surface area (Å²) in [5, 5.41) is 17.2. The molecule has 0 saturated heterocycles. The molecule has 0 aromatic carbocycles. The zero-order valence-corrected chi connectivity index (χ0v) is 21.1. The maximum Gasteiger partial charge on any atom is 0.251 e. The minimum Gasteiger partial charge on any atom is -0.464 e. The second-order valence-corrected chi connectivity index (χ2v) is 10.3. The Labute approximate surface area is 206 Å². The highest BCUT2D eigenvalue weighted by Gasteiger charge is 2.36. The van der Waals surface area contributed by atoms with Crippen LogP contribution in [0.4, 0.5) is 0 Å². The molecule has 4 rings (SSSR count). The molecule has 0 bridgehead atoms. The molecule has 4 heterocycles. The molecule has 4 aromatic heterocycles. The molecule has 11 heteroatoms. The van der Waals surface area contributed by atoms with E-state index in [1.54, 1.807) is 31.2 Å². The van der Waals surface area contributed by atoms with Crippen molar-refractivity contribution in [2.24, 2.45) is 0 Å². The standard InChI is InChI=1S/C24H28N6O4S/c1-15-8-10-18(33-15)21(23(32)25-24(3,4)5)29(13-17-7-6-12-35-17)20(31)14-30-27-22(26-28-30)19-11-9-16(2)34-19/h6-12,21H,13-14H2,1-5H3,(H,25,32)/t21-/m0/s1. The first-order chi connectivity index (χ1) is 16.6. The van der Waals surface area contributed by atoms with Crippen LogP contribution in [0.3, 0.4) is 0 Å². The van der Waals surface area contributed by atoms with Crippen LogP contribution >= 0.6 is 11.3 Å². The van der Waals surface area contributed by atoms with Gasteiger partial charge in [-0.1, -0.05) is 6.07 Å². The molecule has 0 aliphatic heterocycles. The van der Waals surface area contributed by atoms with Gasteiger partial charge in [0, 0.05) is 10.4 Å². The molecule has 35 heavy (non-hydrogen) atoms. The number of nitrogens with one attached hydrogen (secondary N) is 1. The summed E-state index contributed by atoms with van der Waals surface area (Å²) in [6, 6.07) is 9.89. The van der Waals surface area contributed by atoms with Crippen molar-refractivity contribution >= 4 is 23.2 Å². The van der Waals surface area contributed by atoms with E-state index in [0.717, 1.165) is 10.6 Å². The highest BCUT2D eigenvalue weighted by molar-refractivity contribution is 7.09. The minimum absolute atomic E-state index is 0.211. The summed E-state index contributed by atoms with van der Waals surface area (Å²) < 4.78 is 11.4. The van der Waals surface area contributed by atoms with E-state index in [2.05, 4.69) is 20.7 Å². The Morgan fingerprint density at radius 1 is 1.11 bits per heavy atom. The summed E-state index contributed by atoms with van der Waals surface area (Å²) in [4.78, 5) is 30.7. The van der Waals surface area contributed by atoms with Crippen molar-refractivity contribution in [2.75, 3.05) is 0 Å². The third kappa shape index (κ3) is 6.04. The number of rotatable bonds is 8. The van der Waals surface area contributed by atoms with Gasteiger partial charge in [0.2, 0.25) is 11.7 Å². The van der Waals surface area contributed by atoms with Crippen LogP contribution in [-0.2, 0) is 22.7 Å². The fourth-order valence-electron chi connectivity index (χ4n) is 3.53. The van der Waals surface area contributed by atoms with Gasteiger partial charge in [0.05, 0.1) is 6.54 Å². The van der Waals surface area contributed by atoms with Crippen LogP contribution < -0.4 is 5.32 Å². The van der Waals surface area contributed by atoms with Crippen LogP contribution in [0.5, 0.6) is 0 Å². The molecule has 0 aliphatic carbocycles. The fourth-order valence-corrected chi connectivity index (χ4v) is 4.23. The number of aromatic nitrogens is 4. The average molecular weight is 497 g/mol. The molecule has 184 valence electrons. The van der Waals surface area contributed by atoms with Crippen molar-refractivity contribution < 1.29 is 18.4 Å². The molecule has 0 unspecified atom stereocenters. The number of hydrogen-bond donors (Lipinski definition) is 1. The number of carbonyl (C=O) groups is 2. The molecule has 2 amide bonds. The second kappa shape index (κ2) is 9.87. The van der Waals surface area contributed by atoms with Crippen LogP contribution in [-0.4, -0.2) is 42.5 Å². The average Bonchev–Trinajstić information content (AvgIpc) is 3.55. The molecular weight excluding hydrogens is 468 g/mol. The molecule has 10 nitrogen and oxygen atoms in total. The SMILES string of the molecule is Cc1ccc(-c2nnn(CC(=O)N(Cc3cccs3)[C@H](C(=O)NC(C)(C)C)c3ccc(C)o3)n2)o1. The van der Waals surface area contributed by atoms with Gasteiger partial charge in [-0.3, -0.25) is 9.59 Å². The summed E-state index contributed by atoms with van der Waals surface area (Å²) in [7, 11) is 0. The fraction of sp³-hybridized carbons (Fsp3) is 0.375. The van der Waals surface area contributed by atoms with E-state index in [-0.39, 0.29) is 30.7 Å². The summed E-state index contributed by atoms with van der Waals surface area (Å²) in [5.41, 5.74) is -0.502. The highest BCUT2D eigenvalue weighted by Crippen LogP contribution is 2.28. The lowest BCUT2D eigenvalue weighted by molar-refractivity contribution is -0.143. The Kier molecular flexibility index (Phi) is 6.88. The molecule has 0 saturated carbocycles. The van der Waals surface area contributed by atoms with Crippen molar-refractivity contribution in [1.29, 1.82) is 0 Å². The Hall–Kier alpha value is -3.73. The first-order valence-electron chi connectivity index (χ1n) is 11.1. The van der Waals surface area contributed by atoms with Crippen molar-refractivity contribution in [3.05, 3.63) is 63.9 Å². The van der Waals surface area contributed by atoms with Crippen molar-refractivity contribution in [2.45, 2.75) is 59.3 Å². The predicted molar refractivity (Wildman–Crippen MR) is 129 cm³/mol. The number of furan rings is 2. The number of thiophene rings is 1. The molecule has 0 aliphatic rings. The predicted octanol–water partition coefficient (Wildman–Crippen LogP) is 3.89. The number of nitrogens with zero attached hydrogens (tertiary/aromatic N) is 5. The Balaban J connectivity index is 1.65. The minimum atomic E-state index is -0.978. The van der Waals surface area contributed by atoms with Crippen LogP contribution in [0.15, 0.2) is 50.6 Å². The van der Waals surface area contributed by atoms with Crippen molar-refractivity contribution in [1.82, 2.24) is 30.4 Å². The first kappa shape index (κ1) is 24.4. The van der Waals surface area contributed by atoms with Gasteiger partial charge in [-0.2, -0.15) is 4.80 Å². The molecule has 1 atom stereocenters. The van der Waals surface area contributed by atoms with Gasteiger partial charge >= 0.3 is 0 Å². The maximum atomic E-state index is 13.6. The van der Waals surface area contributed by atoms with E-state index < -0.39 is 11.6 Å². The van der Waals surface area contributed by atoms with Crippen molar-refractivity contribution in [3.63, 3.8) is 0 Å². The lowest BCUT2D eigenvalue weighted by atomic mass is 10.1. The van der Waals surface area contributed by atoms with E-state index in [4.69, 9.17) is 8.83 Å². The van der Waals surface area contributed by atoms with Gasteiger partial charge < -0.3 is 19.1 Å². The van der Waals surface area contributed by atoms with E-state index in [1.807, 2.05) is 45.2 Å². The number of aryl methyl sites for hydroxylation is 2. The van der Waals surface area contributed by atoms with E-state index in [0.29, 0.717) is 17.3 Å². The molecule has 0 fully saturated rings. The normalized spacial score (nSPS) is 12.5. The molecule has 4 aromatic rings. The topological polar surface area (TPSA) is 119 Å². The van der Waals surface area contributed by atoms with Crippen molar-refractivity contribution in [3.8, 4) is 11.6 Å². The number of hydrogen-bond acceptors (Lipinski definition) is 8. The van der Waals surface area contributed by atoms with Gasteiger partial charge in [0.1, 0.15) is 23.8 Å². The molecule has 0 spiro atoms. The first-order valence-corrected chi connectivity index (χ1v) is 12.0. The summed E-state index contributed by atoms with van der Waals surface area (Å²) in [6.45, 7) is 9.28. The summed E-state index contributed by atoms with van der Waals surface area (Å²) in [6.07, 6.45) is 0. The molecular formula is C24H28N6O4S. The molecule has 1 N–H and O–H groups in total. The zero-order chi connectivity index (χ0) is 25.2. The van der Waals surface area contributed by atoms with E-state index >= 15 is 0 Å². The Bertz CT molecular complexity index is 1300. The van der Waals surface area contributed by atoms with Gasteiger partial charge in [0.25, 0.3) is 5.91 Å². The monoisotopic (exact) mass is 496 g/mol. The van der Waals surface area contributed by atoms with Gasteiger partial charge in [-0.15, -0.1) is 21.5 Å². The summed E-state index contributed by atoms with van der Waals surface area (Å²) in [5.74, 6) is 1.79. The second-order valence-electron chi connectivity index (χ2n) is 9.24. The van der Waals surface area contributed by atoms with Gasteiger partial charge in [-0.05, 0) is 75.5 Å². The van der Waals surface area contributed by atoms with E-state index in [1.165, 1.54) is 21.0 Å². The molecule has 0 radical (unpaired) electrons. The number of amides is 2. The quantitative estimate of drug-likeness (QED) is 0.393. The smallest absolute Gasteiger partial charge is 0.251 e. The van der Waals surface area contributed by atoms with Crippen LogP contribution in [0, 0.1) is 13.8 Å². The van der Waals surface area contributed by atoms with Crippen LogP contribution in [0.25, 0.3) is 11.6 Å². The third-order valence-corrected chi connectivity index (χ3v) is 5.87. The Morgan fingerprint density at radius 2 is 1.86 bits per heavy atom. The maximum absolute atomic E-state index is 13.6. The highest BCUT2D eigenvalue weighted by atomic mass is 32.1. The van der Waals surface area contributed by atoms with Crippen LogP contribution in [0.1, 0.15) is 49.0 Å². The lowest BCUT2D eigenvalue weighted by Crippen LogP contribution is -2.49. The van der Waals surface area contributed by atoms with Crippen LogP contribution in [0.2, 0.25) is 0 Å². The summed E-state index contributed by atoms with van der Waals surface area (Å²) >= 11 is 1.50. The lowest BCUT2D eigenvalue weighted by Gasteiger charge is -2.32. The zero-order valence-electron chi connectivity index (χ0n) is 20.3.